The molecule has 2 N–H and O–H groups in total. The third kappa shape index (κ3) is 2.72. The number of benzene rings is 1. The highest BCUT2D eigenvalue weighted by molar-refractivity contribution is 6.32. The summed E-state index contributed by atoms with van der Waals surface area (Å²) < 4.78 is 5.25. The van der Waals surface area contributed by atoms with Crippen molar-refractivity contribution in [2.24, 2.45) is 5.41 Å². The maximum absolute atomic E-state index is 11.8. The summed E-state index contributed by atoms with van der Waals surface area (Å²) in [5.74, 6) is -0.903. The van der Waals surface area contributed by atoms with Crippen LogP contribution in [0.5, 0.6) is 5.75 Å². The molecule has 0 bridgehead atoms. The molecule has 0 aliphatic heterocycles. The van der Waals surface area contributed by atoms with Gasteiger partial charge in [0, 0.05) is 16.6 Å². The van der Waals surface area contributed by atoms with Gasteiger partial charge >= 0.3 is 5.97 Å². The molecule has 1 aromatic heterocycles. The van der Waals surface area contributed by atoms with Crippen LogP contribution >= 0.6 is 11.6 Å². The van der Waals surface area contributed by atoms with Gasteiger partial charge in [0.05, 0.1) is 18.1 Å². The van der Waals surface area contributed by atoms with E-state index >= 15 is 0 Å². The minimum Gasteiger partial charge on any atom is -0.495 e. The monoisotopic (exact) mass is 309 g/mol. The highest BCUT2D eigenvalue weighted by Crippen LogP contribution is 2.42. The number of fused-ring (bicyclic) bond motifs is 1. The van der Waals surface area contributed by atoms with Gasteiger partial charge in [0.2, 0.25) is 0 Å². The van der Waals surface area contributed by atoms with E-state index in [2.05, 4.69) is 4.98 Å². The molecule has 0 aliphatic carbocycles. The Balaban J connectivity index is 2.78. The molecule has 5 heteroatoms. The first-order valence-electron chi connectivity index (χ1n) is 6.75. The molecule has 21 heavy (non-hydrogen) atoms. The van der Waals surface area contributed by atoms with Gasteiger partial charge in [0.25, 0.3) is 0 Å². The minimum absolute atomic E-state index is 0.404. The summed E-state index contributed by atoms with van der Waals surface area (Å²) in [7, 11) is 1.55. The van der Waals surface area contributed by atoms with Crippen molar-refractivity contribution in [3.05, 3.63) is 28.4 Å². The molecule has 114 valence electrons. The van der Waals surface area contributed by atoms with Crippen molar-refractivity contribution in [2.75, 3.05) is 7.11 Å². The van der Waals surface area contributed by atoms with E-state index in [-0.39, 0.29) is 0 Å². The van der Waals surface area contributed by atoms with E-state index in [1.165, 1.54) is 0 Å². The summed E-state index contributed by atoms with van der Waals surface area (Å²) in [5.41, 5.74) is 2.05. The van der Waals surface area contributed by atoms with Crippen molar-refractivity contribution in [2.45, 2.75) is 33.6 Å². The van der Waals surface area contributed by atoms with Crippen LogP contribution in [0.2, 0.25) is 5.02 Å². The highest BCUT2D eigenvalue weighted by atomic mass is 35.5. The average Bonchev–Trinajstić information content (AvgIpc) is 2.62. The number of hydrogen-bond acceptors (Lipinski definition) is 2. The van der Waals surface area contributed by atoms with Crippen molar-refractivity contribution in [3.63, 3.8) is 0 Å². The van der Waals surface area contributed by atoms with Crippen LogP contribution in [-0.2, 0) is 4.79 Å². The van der Waals surface area contributed by atoms with E-state index in [0.717, 1.165) is 22.2 Å². The van der Waals surface area contributed by atoms with Gasteiger partial charge in [-0.3, -0.25) is 4.79 Å². The van der Waals surface area contributed by atoms with Gasteiger partial charge in [-0.2, -0.15) is 0 Å². The zero-order valence-corrected chi connectivity index (χ0v) is 13.6. The topological polar surface area (TPSA) is 62.3 Å². The Kier molecular flexibility index (Phi) is 3.93. The number of H-pyrrole nitrogens is 1. The van der Waals surface area contributed by atoms with Crippen LogP contribution in [0.3, 0.4) is 0 Å². The highest BCUT2D eigenvalue weighted by Gasteiger charge is 2.36. The Morgan fingerprint density at radius 3 is 2.48 bits per heavy atom. The van der Waals surface area contributed by atoms with Crippen molar-refractivity contribution in [1.29, 1.82) is 0 Å². The second-order valence-corrected chi connectivity index (χ2v) is 6.74. The van der Waals surface area contributed by atoms with Crippen LogP contribution in [0.25, 0.3) is 10.9 Å². The Labute approximate surface area is 129 Å². The molecule has 1 atom stereocenters. The first kappa shape index (κ1) is 15.7. The fraction of sp³-hybridized carbons (Fsp3) is 0.438. The molecule has 0 radical (unpaired) electrons. The second kappa shape index (κ2) is 5.26. The summed E-state index contributed by atoms with van der Waals surface area (Å²) in [4.78, 5) is 15.0. The number of aliphatic carboxylic acids is 1. The molecule has 0 aliphatic rings. The third-order valence-corrected chi connectivity index (χ3v) is 4.01. The van der Waals surface area contributed by atoms with Gasteiger partial charge < -0.3 is 14.8 Å². The Bertz CT molecular complexity index is 698. The molecule has 1 aromatic carbocycles. The molecule has 0 saturated heterocycles. The number of aryl methyl sites for hydroxylation is 1. The molecule has 1 heterocycles. The lowest BCUT2D eigenvalue weighted by Crippen LogP contribution is -2.26. The zero-order chi connectivity index (χ0) is 15.9. The van der Waals surface area contributed by atoms with Crippen LogP contribution in [0.1, 0.15) is 37.9 Å². The number of rotatable bonds is 3. The predicted octanol–water partition coefficient (Wildman–Crippen LogP) is 4.35. The number of nitrogens with one attached hydrogen (secondary N) is 1. The average molecular weight is 310 g/mol. The molecular formula is C16H20ClNO3. The van der Waals surface area contributed by atoms with E-state index in [1.54, 1.807) is 19.2 Å². The van der Waals surface area contributed by atoms with Crippen LogP contribution in [0, 0.1) is 12.3 Å². The fourth-order valence-electron chi connectivity index (χ4n) is 2.81. The van der Waals surface area contributed by atoms with Crippen LogP contribution in [0.4, 0.5) is 0 Å². The lowest BCUT2D eigenvalue weighted by Gasteiger charge is -2.27. The van der Waals surface area contributed by atoms with E-state index in [0.29, 0.717) is 10.8 Å². The van der Waals surface area contributed by atoms with E-state index in [4.69, 9.17) is 16.3 Å². The maximum atomic E-state index is 11.8. The van der Waals surface area contributed by atoms with Gasteiger partial charge in [-0.05, 0) is 30.0 Å². The lowest BCUT2D eigenvalue weighted by atomic mass is 9.75. The number of carboxylic acid groups (broad SMARTS) is 1. The summed E-state index contributed by atoms with van der Waals surface area (Å²) in [6.45, 7) is 7.67. The smallest absolute Gasteiger partial charge is 0.311 e. The molecule has 0 amide bonds. The largest absolute Gasteiger partial charge is 0.495 e. The Morgan fingerprint density at radius 1 is 1.38 bits per heavy atom. The molecule has 0 spiro atoms. The molecule has 2 rings (SSSR count). The van der Waals surface area contributed by atoms with Gasteiger partial charge in [0.1, 0.15) is 5.75 Å². The molecule has 0 saturated carbocycles. The van der Waals surface area contributed by atoms with E-state index in [1.807, 2.05) is 27.7 Å². The SMILES string of the molecule is COc1cc2c(C(C(=O)O)C(C)(C)C)c(C)[nH]c2cc1Cl. The first-order chi connectivity index (χ1) is 9.66. The van der Waals surface area contributed by atoms with Crippen LogP contribution in [-0.4, -0.2) is 23.2 Å². The Morgan fingerprint density at radius 2 is 2.00 bits per heavy atom. The summed E-state index contributed by atoms with van der Waals surface area (Å²) >= 11 is 6.14. The van der Waals surface area contributed by atoms with E-state index in [9.17, 15) is 9.90 Å². The number of methoxy groups -OCH3 is 1. The number of ether oxygens (including phenoxy) is 1. The summed E-state index contributed by atoms with van der Waals surface area (Å²) in [6, 6.07) is 3.58. The normalized spacial score (nSPS) is 13.4. The quantitative estimate of drug-likeness (QED) is 0.886. The fourth-order valence-corrected chi connectivity index (χ4v) is 3.05. The van der Waals surface area contributed by atoms with Crippen molar-refractivity contribution < 1.29 is 14.6 Å². The second-order valence-electron chi connectivity index (χ2n) is 6.33. The number of carbonyl (C=O) groups is 1. The van der Waals surface area contributed by atoms with Gasteiger partial charge in [0.15, 0.2) is 0 Å². The Hall–Kier alpha value is -1.68. The van der Waals surface area contributed by atoms with E-state index < -0.39 is 17.3 Å². The molecule has 4 nitrogen and oxygen atoms in total. The number of aromatic nitrogens is 1. The molecule has 0 fully saturated rings. The predicted molar refractivity (Wildman–Crippen MR) is 84.4 cm³/mol. The molecule has 1 unspecified atom stereocenters. The van der Waals surface area contributed by atoms with Gasteiger partial charge in [-0.1, -0.05) is 32.4 Å². The number of carboxylic acids is 1. The zero-order valence-electron chi connectivity index (χ0n) is 12.9. The van der Waals surface area contributed by atoms with Crippen LogP contribution in [0.15, 0.2) is 12.1 Å². The number of halogens is 1. The van der Waals surface area contributed by atoms with Crippen molar-refractivity contribution >= 4 is 28.5 Å². The molecular weight excluding hydrogens is 290 g/mol. The summed E-state index contributed by atoms with van der Waals surface area (Å²) in [6.07, 6.45) is 0. The van der Waals surface area contributed by atoms with Crippen molar-refractivity contribution in [1.82, 2.24) is 4.98 Å². The lowest BCUT2D eigenvalue weighted by molar-refractivity contribution is -0.141. The minimum atomic E-state index is -0.833. The molecule has 2 aromatic rings. The number of hydrogen-bond donors (Lipinski definition) is 2. The first-order valence-corrected chi connectivity index (χ1v) is 7.13. The standard InChI is InChI=1S/C16H20ClNO3/c1-8-13(14(15(19)20)16(2,3)4)9-6-12(21-5)10(17)7-11(9)18-8/h6-7,14,18H,1-5H3,(H,19,20). The van der Waals surface area contributed by atoms with Gasteiger partial charge in [-0.25, -0.2) is 0 Å². The summed E-state index contributed by atoms with van der Waals surface area (Å²) in [5, 5.41) is 11.0. The van der Waals surface area contributed by atoms with Crippen LogP contribution < -0.4 is 4.74 Å². The third-order valence-electron chi connectivity index (χ3n) is 3.71. The van der Waals surface area contributed by atoms with Crippen molar-refractivity contribution in [3.8, 4) is 5.75 Å². The van der Waals surface area contributed by atoms with Gasteiger partial charge in [-0.15, -0.1) is 0 Å². The maximum Gasteiger partial charge on any atom is 0.311 e. The number of aromatic amines is 1.